The van der Waals surface area contributed by atoms with Crippen molar-refractivity contribution >= 4 is 5.91 Å². The van der Waals surface area contributed by atoms with Crippen molar-refractivity contribution in [2.24, 2.45) is 29.1 Å². The number of hydrogen-bond donors (Lipinski definition) is 1. The third kappa shape index (κ3) is 1.97. The molecule has 1 saturated heterocycles. The van der Waals surface area contributed by atoms with Gasteiger partial charge in [-0.05, 0) is 81.0 Å². The third-order valence-corrected chi connectivity index (χ3v) is 8.03. The maximum absolute atomic E-state index is 13.5. The number of nitriles is 1. The molecular weight excluding hydrogens is 300 g/mol. The minimum atomic E-state index is -0.514. The number of carbonyl (C=O) groups excluding carboxylic acids is 1. The van der Waals surface area contributed by atoms with E-state index in [0.29, 0.717) is 23.8 Å². The Hall–Kier alpha value is -1.08. The summed E-state index contributed by atoms with van der Waals surface area (Å²) < 4.78 is 0. The van der Waals surface area contributed by atoms with Crippen molar-refractivity contribution in [3.8, 4) is 6.07 Å². The number of amides is 1. The number of aliphatic hydroxyl groups is 1. The van der Waals surface area contributed by atoms with Crippen LogP contribution in [0, 0.1) is 40.4 Å². The van der Waals surface area contributed by atoms with Gasteiger partial charge in [-0.25, -0.2) is 0 Å². The minimum absolute atomic E-state index is 0.00233. The largest absolute Gasteiger partial charge is 0.390 e. The van der Waals surface area contributed by atoms with Gasteiger partial charge >= 0.3 is 0 Å². The Bertz CT molecular complexity index is 610. The number of hydrogen-bond acceptors (Lipinski definition) is 3. The number of nitrogens with zero attached hydrogens (tertiary/aromatic N) is 2. The van der Waals surface area contributed by atoms with Crippen molar-refractivity contribution in [3.05, 3.63) is 0 Å². The second kappa shape index (κ2) is 4.75. The number of piperidine rings is 1. The molecule has 4 bridgehead atoms. The summed E-state index contributed by atoms with van der Waals surface area (Å²) in [7, 11) is 0. The summed E-state index contributed by atoms with van der Waals surface area (Å²) in [5.41, 5.74) is -0.517. The zero-order valence-corrected chi connectivity index (χ0v) is 14.6. The molecule has 0 radical (unpaired) electrons. The highest BCUT2D eigenvalue weighted by Crippen LogP contribution is 2.65. The van der Waals surface area contributed by atoms with Crippen molar-refractivity contribution in [1.82, 2.24) is 4.90 Å². The molecule has 6 rings (SSSR count). The molecule has 4 nitrogen and oxygen atoms in total. The maximum Gasteiger partial charge on any atom is 0.227 e. The number of fused-ring (bicyclic) bond motifs is 1. The molecule has 0 aromatic carbocycles. The first-order chi connectivity index (χ1) is 11.5. The summed E-state index contributed by atoms with van der Waals surface area (Å²) in [6.07, 6.45) is 9.04. The summed E-state index contributed by atoms with van der Waals surface area (Å²) in [6, 6.07) is 2.51. The standard InChI is InChI=1S/C20H28N2O2/c1-2-16(18(23)22-15(10-21)4-14-5-17(14)22)19-6-12-3-13(7-19)9-20(24,8-12)11-19/h12-17,24H,2-9,11H2,1H3. The highest BCUT2D eigenvalue weighted by atomic mass is 16.3. The Morgan fingerprint density at radius 1 is 1.25 bits per heavy atom. The summed E-state index contributed by atoms with van der Waals surface area (Å²) in [4.78, 5) is 15.5. The molecule has 1 N–H and O–H groups in total. The Kier molecular flexibility index (Phi) is 3.01. The highest BCUT2D eigenvalue weighted by molar-refractivity contribution is 5.81. The molecule has 0 spiro atoms. The lowest BCUT2D eigenvalue weighted by Gasteiger charge is -2.62. The molecule has 6 fully saturated rings. The molecular formula is C20H28N2O2. The van der Waals surface area contributed by atoms with E-state index in [1.54, 1.807) is 0 Å². The van der Waals surface area contributed by atoms with Gasteiger partial charge in [0, 0.05) is 12.0 Å². The van der Waals surface area contributed by atoms with Crippen LogP contribution >= 0.6 is 0 Å². The van der Waals surface area contributed by atoms with E-state index >= 15 is 0 Å². The van der Waals surface area contributed by atoms with Gasteiger partial charge in [-0.1, -0.05) is 6.92 Å². The molecule has 0 aromatic heterocycles. The minimum Gasteiger partial charge on any atom is -0.390 e. The smallest absolute Gasteiger partial charge is 0.227 e. The van der Waals surface area contributed by atoms with Gasteiger partial charge in [0.1, 0.15) is 6.04 Å². The van der Waals surface area contributed by atoms with Crippen LogP contribution in [0.1, 0.15) is 64.7 Å². The van der Waals surface area contributed by atoms with E-state index in [4.69, 9.17) is 0 Å². The summed E-state index contributed by atoms with van der Waals surface area (Å²) in [6.45, 7) is 2.13. The fraction of sp³-hybridized carbons (Fsp3) is 0.900. The van der Waals surface area contributed by atoms with Gasteiger partial charge in [0.15, 0.2) is 0 Å². The predicted octanol–water partition coefficient (Wildman–Crippen LogP) is 2.86. The Labute approximate surface area is 144 Å². The van der Waals surface area contributed by atoms with E-state index < -0.39 is 5.60 Å². The Balaban J connectivity index is 1.46. The lowest BCUT2D eigenvalue weighted by molar-refractivity contribution is -0.188. The summed E-state index contributed by atoms with van der Waals surface area (Å²) in [5, 5.41) is 20.5. The van der Waals surface area contributed by atoms with Crippen LogP contribution in [0.25, 0.3) is 0 Å². The van der Waals surface area contributed by atoms with E-state index in [2.05, 4.69) is 13.0 Å². The van der Waals surface area contributed by atoms with Crippen LogP contribution in [-0.4, -0.2) is 33.6 Å². The SMILES string of the molecule is CCC(C(=O)N1C(C#N)CC2CC21)C12CC3CC(CC(O)(C3)C1)C2. The zero-order valence-electron chi connectivity index (χ0n) is 14.6. The lowest BCUT2D eigenvalue weighted by atomic mass is 9.44. The van der Waals surface area contributed by atoms with Crippen molar-refractivity contribution in [2.45, 2.75) is 82.4 Å². The van der Waals surface area contributed by atoms with Crippen LogP contribution in [0.2, 0.25) is 0 Å². The molecule has 6 atom stereocenters. The number of carbonyl (C=O) groups is 1. The first-order valence-electron chi connectivity index (χ1n) is 9.91. The van der Waals surface area contributed by atoms with Gasteiger partial charge in [-0.15, -0.1) is 0 Å². The van der Waals surface area contributed by atoms with Gasteiger partial charge in [0.2, 0.25) is 5.91 Å². The molecule has 1 heterocycles. The molecule has 1 aliphatic heterocycles. The molecule has 0 aromatic rings. The normalized spacial score (nSPS) is 52.0. The van der Waals surface area contributed by atoms with Gasteiger partial charge in [0.05, 0.1) is 11.7 Å². The van der Waals surface area contributed by atoms with Crippen molar-refractivity contribution in [2.75, 3.05) is 0 Å². The molecule has 1 amide bonds. The summed E-state index contributed by atoms with van der Waals surface area (Å²) >= 11 is 0. The second-order valence-corrected chi connectivity index (χ2v) is 9.70. The molecule has 24 heavy (non-hydrogen) atoms. The van der Waals surface area contributed by atoms with E-state index in [-0.39, 0.29) is 23.3 Å². The average Bonchev–Trinajstić information content (AvgIpc) is 3.15. The van der Waals surface area contributed by atoms with E-state index in [9.17, 15) is 15.2 Å². The van der Waals surface area contributed by atoms with E-state index in [1.807, 2.05) is 4.90 Å². The maximum atomic E-state index is 13.5. The summed E-state index contributed by atoms with van der Waals surface area (Å²) in [5.74, 6) is 2.04. The second-order valence-electron chi connectivity index (χ2n) is 9.70. The van der Waals surface area contributed by atoms with Crippen molar-refractivity contribution < 1.29 is 9.90 Å². The van der Waals surface area contributed by atoms with Gasteiger partial charge in [-0.3, -0.25) is 4.79 Å². The quantitative estimate of drug-likeness (QED) is 0.866. The molecule has 6 aliphatic rings. The average molecular weight is 328 g/mol. The predicted molar refractivity (Wildman–Crippen MR) is 88.6 cm³/mol. The fourth-order valence-electron chi connectivity index (χ4n) is 7.63. The highest BCUT2D eigenvalue weighted by Gasteiger charge is 2.62. The molecule has 5 aliphatic carbocycles. The monoisotopic (exact) mass is 328 g/mol. The van der Waals surface area contributed by atoms with Crippen molar-refractivity contribution in [1.29, 1.82) is 5.26 Å². The molecule has 130 valence electrons. The molecule has 5 saturated carbocycles. The van der Waals surface area contributed by atoms with Crippen LogP contribution in [0.4, 0.5) is 0 Å². The van der Waals surface area contributed by atoms with Crippen LogP contribution in [0.3, 0.4) is 0 Å². The topological polar surface area (TPSA) is 64.3 Å². The van der Waals surface area contributed by atoms with Gasteiger partial charge in [0.25, 0.3) is 0 Å². The van der Waals surface area contributed by atoms with Crippen LogP contribution in [0.5, 0.6) is 0 Å². The first kappa shape index (κ1) is 15.2. The van der Waals surface area contributed by atoms with E-state index in [0.717, 1.165) is 51.4 Å². The van der Waals surface area contributed by atoms with Gasteiger partial charge in [-0.2, -0.15) is 5.26 Å². The molecule has 6 unspecified atom stereocenters. The van der Waals surface area contributed by atoms with Gasteiger partial charge < -0.3 is 10.0 Å². The van der Waals surface area contributed by atoms with Crippen molar-refractivity contribution in [3.63, 3.8) is 0 Å². The zero-order chi connectivity index (χ0) is 16.7. The molecule has 4 heteroatoms. The van der Waals surface area contributed by atoms with E-state index in [1.165, 1.54) is 6.42 Å². The van der Waals surface area contributed by atoms with Crippen LogP contribution in [-0.2, 0) is 4.79 Å². The third-order valence-electron chi connectivity index (χ3n) is 8.03. The number of likely N-dealkylation sites (tertiary alicyclic amines) is 1. The fourth-order valence-corrected chi connectivity index (χ4v) is 7.63. The number of rotatable bonds is 3. The Morgan fingerprint density at radius 2 is 1.96 bits per heavy atom. The Morgan fingerprint density at radius 3 is 2.54 bits per heavy atom. The lowest BCUT2D eigenvalue weighted by Crippen LogP contribution is -2.60. The first-order valence-corrected chi connectivity index (χ1v) is 9.91. The van der Waals surface area contributed by atoms with Crippen LogP contribution < -0.4 is 0 Å². The van der Waals surface area contributed by atoms with Crippen LogP contribution in [0.15, 0.2) is 0 Å².